The second-order valence-corrected chi connectivity index (χ2v) is 3.16. The van der Waals surface area contributed by atoms with Crippen LogP contribution in [0, 0.1) is 12.7 Å². The van der Waals surface area contributed by atoms with Crippen molar-refractivity contribution in [3.05, 3.63) is 29.6 Å². The van der Waals surface area contributed by atoms with Crippen LogP contribution in [-0.2, 0) is 4.79 Å². The van der Waals surface area contributed by atoms with E-state index in [0.717, 1.165) is 5.56 Å². The Morgan fingerprint density at radius 3 is 2.79 bits per heavy atom. The van der Waals surface area contributed by atoms with Crippen molar-refractivity contribution >= 4 is 11.7 Å². The van der Waals surface area contributed by atoms with Crippen molar-refractivity contribution in [3.8, 4) is 0 Å². The molecule has 0 radical (unpaired) electrons. The average molecular weight is 197 g/mol. The molecule has 3 nitrogen and oxygen atoms in total. The Morgan fingerprint density at radius 1 is 1.57 bits per heavy atom. The number of aryl methyl sites for hydroxylation is 1. The van der Waals surface area contributed by atoms with Crippen molar-refractivity contribution in [2.75, 3.05) is 5.32 Å². The van der Waals surface area contributed by atoms with Crippen LogP contribution in [0.4, 0.5) is 10.1 Å². The van der Waals surface area contributed by atoms with Crippen molar-refractivity contribution in [1.82, 2.24) is 0 Å². The van der Waals surface area contributed by atoms with E-state index in [4.69, 9.17) is 5.11 Å². The van der Waals surface area contributed by atoms with Gasteiger partial charge in [-0.15, -0.1) is 0 Å². The molecule has 0 aliphatic heterocycles. The first kappa shape index (κ1) is 10.5. The van der Waals surface area contributed by atoms with Gasteiger partial charge >= 0.3 is 5.97 Å². The Bertz CT molecular complexity index is 352. The van der Waals surface area contributed by atoms with Crippen LogP contribution < -0.4 is 5.32 Å². The zero-order valence-corrected chi connectivity index (χ0v) is 8.04. The standard InChI is InChI=1S/C10H12FNO2/c1-6-3-4-8(11)5-9(6)12-7(2)10(13)14/h3-5,7,12H,1-2H3,(H,13,14). The summed E-state index contributed by atoms with van der Waals surface area (Å²) in [6.07, 6.45) is 0. The number of anilines is 1. The van der Waals surface area contributed by atoms with Gasteiger partial charge in [-0.2, -0.15) is 0 Å². The molecule has 76 valence electrons. The molecule has 14 heavy (non-hydrogen) atoms. The van der Waals surface area contributed by atoms with E-state index >= 15 is 0 Å². The number of hydrogen-bond donors (Lipinski definition) is 2. The normalized spacial score (nSPS) is 12.2. The van der Waals surface area contributed by atoms with E-state index in [2.05, 4.69) is 5.32 Å². The van der Waals surface area contributed by atoms with E-state index in [-0.39, 0.29) is 5.82 Å². The van der Waals surface area contributed by atoms with E-state index in [1.165, 1.54) is 19.1 Å². The first-order valence-corrected chi connectivity index (χ1v) is 4.26. The second-order valence-electron chi connectivity index (χ2n) is 3.16. The summed E-state index contributed by atoms with van der Waals surface area (Å²) < 4.78 is 12.8. The van der Waals surface area contributed by atoms with E-state index in [1.54, 1.807) is 13.0 Å². The predicted molar refractivity (Wildman–Crippen MR) is 51.9 cm³/mol. The Morgan fingerprint density at radius 2 is 2.21 bits per heavy atom. The van der Waals surface area contributed by atoms with E-state index in [1.807, 2.05) is 0 Å². The maximum atomic E-state index is 12.8. The van der Waals surface area contributed by atoms with Gasteiger partial charge in [-0.05, 0) is 31.5 Å². The Hall–Kier alpha value is -1.58. The number of nitrogens with one attached hydrogen (secondary N) is 1. The zero-order valence-electron chi connectivity index (χ0n) is 8.04. The fourth-order valence-corrected chi connectivity index (χ4v) is 1.04. The molecule has 4 heteroatoms. The van der Waals surface area contributed by atoms with Crippen molar-refractivity contribution < 1.29 is 14.3 Å². The number of carboxylic acid groups (broad SMARTS) is 1. The highest BCUT2D eigenvalue weighted by Crippen LogP contribution is 2.16. The molecular weight excluding hydrogens is 185 g/mol. The van der Waals surface area contributed by atoms with Crippen LogP contribution >= 0.6 is 0 Å². The quantitative estimate of drug-likeness (QED) is 0.779. The van der Waals surface area contributed by atoms with Gasteiger partial charge in [0.2, 0.25) is 0 Å². The average Bonchev–Trinajstić information content (AvgIpc) is 2.11. The molecule has 0 amide bonds. The van der Waals surface area contributed by atoms with Crippen LogP contribution in [0.3, 0.4) is 0 Å². The number of benzene rings is 1. The summed E-state index contributed by atoms with van der Waals surface area (Å²) >= 11 is 0. The molecule has 0 saturated heterocycles. The topological polar surface area (TPSA) is 49.3 Å². The summed E-state index contributed by atoms with van der Waals surface area (Å²) in [5, 5.41) is 11.4. The molecule has 1 rings (SSSR count). The van der Waals surface area contributed by atoms with Gasteiger partial charge in [0, 0.05) is 5.69 Å². The molecule has 0 aromatic heterocycles. The minimum absolute atomic E-state index is 0.379. The molecule has 0 fully saturated rings. The van der Waals surface area contributed by atoms with Crippen LogP contribution in [0.1, 0.15) is 12.5 Å². The molecule has 1 unspecified atom stereocenters. The molecule has 1 aromatic rings. The van der Waals surface area contributed by atoms with Gasteiger partial charge in [-0.25, -0.2) is 4.39 Å². The first-order valence-electron chi connectivity index (χ1n) is 4.26. The van der Waals surface area contributed by atoms with Gasteiger partial charge < -0.3 is 10.4 Å². The molecule has 0 aliphatic carbocycles. The lowest BCUT2D eigenvalue weighted by atomic mass is 10.2. The van der Waals surface area contributed by atoms with Crippen LogP contribution in [-0.4, -0.2) is 17.1 Å². The molecular formula is C10H12FNO2. The van der Waals surface area contributed by atoms with Crippen molar-refractivity contribution in [2.45, 2.75) is 19.9 Å². The molecule has 0 aliphatic rings. The van der Waals surface area contributed by atoms with Gasteiger partial charge in [0.25, 0.3) is 0 Å². The summed E-state index contributed by atoms with van der Waals surface area (Å²) in [7, 11) is 0. The molecule has 1 aromatic carbocycles. The maximum Gasteiger partial charge on any atom is 0.325 e. The van der Waals surface area contributed by atoms with Crippen LogP contribution in [0.25, 0.3) is 0 Å². The second kappa shape index (κ2) is 4.09. The highest BCUT2D eigenvalue weighted by atomic mass is 19.1. The van der Waals surface area contributed by atoms with Crippen LogP contribution in [0.5, 0.6) is 0 Å². The third-order valence-electron chi connectivity index (χ3n) is 1.94. The molecule has 2 N–H and O–H groups in total. The number of carbonyl (C=O) groups is 1. The number of halogens is 1. The van der Waals surface area contributed by atoms with Crippen LogP contribution in [0.15, 0.2) is 18.2 Å². The van der Waals surface area contributed by atoms with Crippen molar-refractivity contribution in [3.63, 3.8) is 0 Å². The van der Waals surface area contributed by atoms with Gasteiger partial charge in [0.1, 0.15) is 11.9 Å². The fourth-order valence-electron chi connectivity index (χ4n) is 1.04. The highest BCUT2D eigenvalue weighted by molar-refractivity contribution is 5.77. The summed E-state index contributed by atoms with van der Waals surface area (Å²) in [5.74, 6) is -1.34. The van der Waals surface area contributed by atoms with Gasteiger partial charge in [0.15, 0.2) is 0 Å². The number of rotatable bonds is 3. The Kier molecular flexibility index (Phi) is 3.06. The van der Waals surface area contributed by atoms with Crippen LogP contribution in [0.2, 0.25) is 0 Å². The van der Waals surface area contributed by atoms with Gasteiger partial charge in [0.05, 0.1) is 0 Å². The third kappa shape index (κ3) is 2.45. The first-order chi connectivity index (χ1) is 6.50. The van der Waals surface area contributed by atoms with E-state index in [0.29, 0.717) is 5.69 Å². The molecule has 0 heterocycles. The summed E-state index contributed by atoms with van der Waals surface area (Å²) in [4.78, 5) is 10.5. The minimum atomic E-state index is -0.964. The lowest BCUT2D eigenvalue weighted by molar-refractivity contribution is -0.137. The largest absolute Gasteiger partial charge is 0.480 e. The molecule has 0 saturated carbocycles. The Labute approximate surface area is 81.6 Å². The lowest BCUT2D eigenvalue weighted by Crippen LogP contribution is -2.25. The van der Waals surface area contributed by atoms with Gasteiger partial charge in [-0.3, -0.25) is 4.79 Å². The summed E-state index contributed by atoms with van der Waals surface area (Å²) in [5.41, 5.74) is 1.33. The SMILES string of the molecule is Cc1ccc(F)cc1NC(C)C(=O)O. The smallest absolute Gasteiger partial charge is 0.325 e. The third-order valence-corrected chi connectivity index (χ3v) is 1.94. The summed E-state index contributed by atoms with van der Waals surface area (Å²) in [6.45, 7) is 3.29. The lowest BCUT2D eigenvalue weighted by Gasteiger charge is -2.12. The van der Waals surface area contributed by atoms with Gasteiger partial charge in [-0.1, -0.05) is 6.07 Å². The zero-order chi connectivity index (χ0) is 10.7. The highest BCUT2D eigenvalue weighted by Gasteiger charge is 2.11. The monoisotopic (exact) mass is 197 g/mol. The molecule has 0 spiro atoms. The molecule has 0 bridgehead atoms. The maximum absolute atomic E-state index is 12.8. The number of carboxylic acids is 1. The fraction of sp³-hybridized carbons (Fsp3) is 0.300. The van der Waals surface area contributed by atoms with E-state index < -0.39 is 12.0 Å². The minimum Gasteiger partial charge on any atom is -0.480 e. The molecule has 1 atom stereocenters. The van der Waals surface area contributed by atoms with Crippen molar-refractivity contribution in [1.29, 1.82) is 0 Å². The predicted octanol–water partition coefficient (Wildman–Crippen LogP) is 2.02. The van der Waals surface area contributed by atoms with E-state index in [9.17, 15) is 9.18 Å². The number of hydrogen-bond acceptors (Lipinski definition) is 2. The Balaban J connectivity index is 2.85. The van der Waals surface area contributed by atoms with Crippen molar-refractivity contribution in [2.24, 2.45) is 0 Å². The summed E-state index contributed by atoms with van der Waals surface area (Å²) in [6, 6.07) is 3.50. The number of aliphatic carboxylic acids is 1.